The van der Waals surface area contributed by atoms with Gasteiger partial charge in [0.05, 0.1) is 6.61 Å². The number of hydrogen-bond donors (Lipinski definition) is 0. The third-order valence-corrected chi connectivity index (χ3v) is 5.11. The van der Waals surface area contributed by atoms with Crippen LogP contribution < -0.4 is 4.74 Å². The second kappa shape index (κ2) is 7.17. The van der Waals surface area contributed by atoms with Crippen LogP contribution >= 0.6 is 0 Å². The summed E-state index contributed by atoms with van der Waals surface area (Å²) < 4.78 is 5.92. The van der Waals surface area contributed by atoms with Crippen molar-refractivity contribution in [3.63, 3.8) is 0 Å². The van der Waals surface area contributed by atoms with Crippen LogP contribution in [0, 0.1) is 18.8 Å². The van der Waals surface area contributed by atoms with Crippen molar-refractivity contribution in [2.24, 2.45) is 11.8 Å². The number of hydrogen-bond acceptors (Lipinski definition) is 2. The van der Waals surface area contributed by atoms with Crippen molar-refractivity contribution in [3.05, 3.63) is 29.8 Å². The molecule has 1 amide bonds. The van der Waals surface area contributed by atoms with Gasteiger partial charge in [-0.3, -0.25) is 4.79 Å². The van der Waals surface area contributed by atoms with Gasteiger partial charge in [-0.25, -0.2) is 0 Å². The summed E-state index contributed by atoms with van der Waals surface area (Å²) in [5.74, 6) is 2.27. The number of ether oxygens (including phenoxy) is 1. The molecule has 0 radical (unpaired) electrons. The Labute approximate surface area is 133 Å². The summed E-state index contributed by atoms with van der Waals surface area (Å²) in [6.07, 6.45) is 6.83. The minimum Gasteiger partial charge on any atom is -0.493 e. The Bertz CT molecular complexity index is 500. The highest BCUT2D eigenvalue weighted by atomic mass is 16.5. The molecule has 1 aliphatic heterocycles. The molecule has 1 aromatic rings. The van der Waals surface area contributed by atoms with Crippen LogP contribution in [0.2, 0.25) is 0 Å². The van der Waals surface area contributed by atoms with Crippen molar-refractivity contribution in [2.45, 2.75) is 45.4 Å². The molecule has 22 heavy (non-hydrogen) atoms. The first kappa shape index (κ1) is 15.4. The SMILES string of the molecule is Cc1cccc(OCC2CCN(C(=O)C3CCCC3)CC2)c1. The van der Waals surface area contributed by atoms with Gasteiger partial charge in [-0.15, -0.1) is 0 Å². The molecule has 0 bridgehead atoms. The number of carbonyl (C=O) groups excluding carboxylic acids is 1. The van der Waals surface area contributed by atoms with Crippen molar-refractivity contribution in [2.75, 3.05) is 19.7 Å². The fourth-order valence-corrected chi connectivity index (χ4v) is 3.67. The fourth-order valence-electron chi connectivity index (χ4n) is 3.67. The number of benzene rings is 1. The quantitative estimate of drug-likeness (QED) is 0.846. The first-order chi connectivity index (χ1) is 10.7. The zero-order chi connectivity index (χ0) is 15.4. The molecule has 0 N–H and O–H groups in total. The molecule has 0 aromatic heterocycles. The van der Waals surface area contributed by atoms with E-state index >= 15 is 0 Å². The van der Waals surface area contributed by atoms with Crippen LogP contribution in [0.4, 0.5) is 0 Å². The molecule has 120 valence electrons. The molecular formula is C19H27NO2. The molecule has 1 aromatic carbocycles. The third kappa shape index (κ3) is 3.82. The molecular weight excluding hydrogens is 274 g/mol. The summed E-state index contributed by atoms with van der Waals surface area (Å²) in [4.78, 5) is 14.5. The molecule has 1 saturated carbocycles. The number of piperidine rings is 1. The van der Waals surface area contributed by atoms with Crippen molar-refractivity contribution in [1.82, 2.24) is 4.90 Å². The normalized spacial score (nSPS) is 20.3. The summed E-state index contributed by atoms with van der Waals surface area (Å²) in [5, 5.41) is 0. The lowest BCUT2D eigenvalue weighted by Crippen LogP contribution is -2.42. The van der Waals surface area contributed by atoms with Gasteiger partial charge in [0.15, 0.2) is 0 Å². The Morgan fingerprint density at radius 3 is 2.59 bits per heavy atom. The van der Waals surface area contributed by atoms with E-state index in [-0.39, 0.29) is 0 Å². The molecule has 2 fully saturated rings. The Hall–Kier alpha value is -1.51. The number of aryl methyl sites for hydroxylation is 1. The molecule has 0 atom stereocenters. The van der Waals surface area contributed by atoms with Crippen LogP contribution in [0.1, 0.15) is 44.1 Å². The highest BCUT2D eigenvalue weighted by Gasteiger charge is 2.30. The van der Waals surface area contributed by atoms with Crippen LogP contribution in [-0.2, 0) is 4.79 Å². The summed E-state index contributed by atoms with van der Waals surface area (Å²) in [5.41, 5.74) is 1.23. The minimum atomic E-state index is 0.320. The zero-order valence-corrected chi connectivity index (χ0v) is 13.6. The summed E-state index contributed by atoms with van der Waals surface area (Å²) in [7, 11) is 0. The van der Waals surface area contributed by atoms with E-state index in [0.29, 0.717) is 17.7 Å². The highest BCUT2D eigenvalue weighted by molar-refractivity contribution is 5.79. The lowest BCUT2D eigenvalue weighted by atomic mass is 9.96. The predicted molar refractivity (Wildman–Crippen MR) is 87.9 cm³/mol. The number of nitrogens with zero attached hydrogens (tertiary/aromatic N) is 1. The summed E-state index contributed by atoms with van der Waals surface area (Å²) in [6.45, 7) is 4.68. The molecule has 1 saturated heterocycles. The molecule has 2 aliphatic rings. The van der Waals surface area contributed by atoms with E-state index in [1.165, 1.54) is 18.4 Å². The van der Waals surface area contributed by atoms with Gasteiger partial charge in [0.2, 0.25) is 5.91 Å². The first-order valence-electron chi connectivity index (χ1n) is 8.70. The second-order valence-corrected chi connectivity index (χ2v) is 6.88. The van der Waals surface area contributed by atoms with Gasteiger partial charge >= 0.3 is 0 Å². The molecule has 3 heteroatoms. The van der Waals surface area contributed by atoms with Crippen LogP contribution in [0.3, 0.4) is 0 Å². The number of carbonyl (C=O) groups is 1. The van der Waals surface area contributed by atoms with Gasteiger partial charge in [0.25, 0.3) is 0 Å². The summed E-state index contributed by atoms with van der Waals surface area (Å²) in [6, 6.07) is 8.22. The first-order valence-corrected chi connectivity index (χ1v) is 8.70. The second-order valence-electron chi connectivity index (χ2n) is 6.88. The number of rotatable bonds is 4. The molecule has 3 rings (SSSR count). The van der Waals surface area contributed by atoms with Crippen molar-refractivity contribution in [1.29, 1.82) is 0 Å². The topological polar surface area (TPSA) is 29.5 Å². The van der Waals surface area contributed by atoms with Gasteiger partial charge in [0, 0.05) is 19.0 Å². The number of amides is 1. The average molecular weight is 301 g/mol. The van der Waals surface area contributed by atoms with E-state index < -0.39 is 0 Å². The average Bonchev–Trinajstić information content (AvgIpc) is 3.07. The van der Waals surface area contributed by atoms with E-state index in [1.54, 1.807) is 0 Å². The Morgan fingerprint density at radius 2 is 1.91 bits per heavy atom. The third-order valence-electron chi connectivity index (χ3n) is 5.11. The van der Waals surface area contributed by atoms with Crippen molar-refractivity contribution in [3.8, 4) is 5.75 Å². The van der Waals surface area contributed by atoms with Crippen molar-refractivity contribution < 1.29 is 9.53 Å². The molecule has 1 heterocycles. The summed E-state index contributed by atoms with van der Waals surface area (Å²) >= 11 is 0. The fraction of sp³-hybridized carbons (Fsp3) is 0.632. The maximum Gasteiger partial charge on any atom is 0.225 e. The van der Waals surface area contributed by atoms with Crippen LogP contribution in [0.15, 0.2) is 24.3 Å². The predicted octanol–water partition coefficient (Wildman–Crippen LogP) is 3.80. The van der Waals surface area contributed by atoms with Gasteiger partial charge in [-0.1, -0.05) is 25.0 Å². The van der Waals surface area contributed by atoms with Gasteiger partial charge in [-0.2, -0.15) is 0 Å². The molecule has 3 nitrogen and oxygen atoms in total. The van der Waals surface area contributed by atoms with Crippen molar-refractivity contribution >= 4 is 5.91 Å². The van der Waals surface area contributed by atoms with E-state index in [0.717, 1.165) is 51.1 Å². The van der Waals surface area contributed by atoms with Crippen LogP contribution in [0.25, 0.3) is 0 Å². The largest absolute Gasteiger partial charge is 0.493 e. The Morgan fingerprint density at radius 1 is 1.18 bits per heavy atom. The van der Waals surface area contributed by atoms with E-state index in [9.17, 15) is 4.79 Å². The lowest BCUT2D eigenvalue weighted by molar-refractivity contribution is -0.136. The Kier molecular flexibility index (Phi) is 5.01. The Balaban J connectivity index is 1.42. The monoisotopic (exact) mass is 301 g/mol. The van der Waals surface area contributed by atoms with E-state index in [1.807, 2.05) is 12.1 Å². The van der Waals surface area contributed by atoms with E-state index in [4.69, 9.17) is 4.74 Å². The molecule has 0 unspecified atom stereocenters. The standard InChI is InChI=1S/C19H27NO2/c1-15-5-4-8-18(13-15)22-14-16-9-11-20(12-10-16)19(21)17-6-2-3-7-17/h4-5,8,13,16-17H,2-3,6-7,9-12,14H2,1H3. The maximum atomic E-state index is 12.4. The van der Waals surface area contributed by atoms with Gasteiger partial charge in [-0.05, 0) is 56.2 Å². The lowest BCUT2D eigenvalue weighted by Gasteiger charge is -2.33. The van der Waals surface area contributed by atoms with E-state index in [2.05, 4.69) is 24.0 Å². The maximum absolute atomic E-state index is 12.4. The number of likely N-dealkylation sites (tertiary alicyclic amines) is 1. The highest BCUT2D eigenvalue weighted by Crippen LogP contribution is 2.28. The molecule has 1 aliphatic carbocycles. The smallest absolute Gasteiger partial charge is 0.225 e. The van der Waals surface area contributed by atoms with Gasteiger partial charge in [0.1, 0.15) is 5.75 Å². The van der Waals surface area contributed by atoms with Gasteiger partial charge < -0.3 is 9.64 Å². The van der Waals surface area contributed by atoms with Crippen LogP contribution in [-0.4, -0.2) is 30.5 Å². The molecule has 0 spiro atoms. The van der Waals surface area contributed by atoms with Crippen LogP contribution in [0.5, 0.6) is 5.75 Å². The minimum absolute atomic E-state index is 0.320. The zero-order valence-electron chi connectivity index (χ0n) is 13.6.